The Hall–Kier alpha value is -4.46. The lowest BCUT2D eigenvalue weighted by Crippen LogP contribution is -2.49. The van der Waals surface area contributed by atoms with E-state index in [0.717, 1.165) is 5.01 Å². The minimum absolute atomic E-state index is 0.155. The fourth-order valence-electron chi connectivity index (χ4n) is 3.95. The smallest absolute Gasteiger partial charge is 0.344 e. The molecule has 8 nitrogen and oxygen atoms in total. The third kappa shape index (κ3) is 3.09. The van der Waals surface area contributed by atoms with Gasteiger partial charge in [0.2, 0.25) is 5.91 Å². The molecule has 0 unspecified atom stereocenters. The zero-order valence-corrected chi connectivity index (χ0v) is 16.8. The summed E-state index contributed by atoms with van der Waals surface area (Å²) in [5, 5.41) is 8.14. The second-order valence-electron chi connectivity index (χ2n) is 7.39. The van der Waals surface area contributed by atoms with E-state index in [0.29, 0.717) is 27.8 Å². The van der Waals surface area contributed by atoms with Crippen LogP contribution in [0.1, 0.15) is 16.8 Å². The Morgan fingerprint density at radius 1 is 0.906 bits per heavy atom. The highest BCUT2D eigenvalue weighted by Gasteiger charge is 2.54. The molecule has 158 valence electrons. The van der Waals surface area contributed by atoms with Crippen molar-refractivity contribution in [1.82, 2.24) is 20.9 Å². The molecule has 32 heavy (non-hydrogen) atoms. The molecule has 0 atom stereocenters. The number of carbonyl (C=O) groups excluding carboxylic acids is 3. The summed E-state index contributed by atoms with van der Waals surface area (Å²) >= 11 is 0. The van der Waals surface area contributed by atoms with Crippen LogP contribution in [0.3, 0.4) is 0 Å². The summed E-state index contributed by atoms with van der Waals surface area (Å²) in [7, 11) is 0. The fraction of sp³-hybridized carbons (Fsp3) is 0.0833. The van der Waals surface area contributed by atoms with Crippen LogP contribution in [0.15, 0.2) is 89.5 Å². The van der Waals surface area contributed by atoms with Gasteiger partial charge in [0, 0.05) is 5.39 Å². The highest BCUT2D eigenvalue weighted by molar-refractivity contribution is 6.10. The van der Waals surface area contributed by atoms with Gasteiger partial charge >= 0.3 is 6.03 Å². The molecule has 4 aromatic rings. The summed E-state index contributed by atoms with van der Waals surface area (Å²) in [5.41, 5.74) is 3.12. The lowest BCUT2D eigenvalue weighted by molar-refractivity contribution is -0.138. The molecule has 0 bridgehead atoms. The van der Waals surface area contributed by atoms with Gasteiger partial charge in [0.15, 0.2) is 11.1 Å². The number of para-hydroxylation sites is 1. The van der Waals surface area contributed by atoms with Gasteiger partial charge in [-0.1, -0.05) is 78.0 Å². The molecule has 5 rings (SSSR count). The van der Waals surface area contributed by atoms with Crippen LogP contribution in [0.2, 0.25) is 0 Å². The van der Waals surface area contributed by atoms with E-state index in [1.807, 2.05) is 18.2 Å². The first kappa shape index (κ1) is 19.5. The maximum Gasteiger partial charge on any atom is 0.344 e. The molecular formula is C24H18N4O4. The van der Waals surface area contributed by atoms with Gasteiger partial charge in [-0.25, -0.2) is 4.79 Å². The Kier molecular flexibility index (Phi) is 4.67. The molecule has 1 aliphatic rings. The number of nitrogens with one attached hydrogen (secondary N) is 2. The number of rotatable bonds is 5. The molecule has 8 heteroatoms. The van der Waals surface area contributed by atoms with E-state index in [2.05, 4.69) is 15.9 Å². The van der Waals surface area contributed by atoms with Crippen molar-refractivity contribution in [2.75, 3.05) is 0 Å². The summed E-state index contributed by atoms with van der Waals surface area (Å²) in [4.78, 5) is 39.1. The van der Waals surface area contributed by atoms with Crippen molar-refractivity contribution in [1.29, 1.82) is 0 Å². The van der Waals surface area contributed by atoms with Crippen LogP contribution < -0.4 is 10.7 Å². The Morgan fingerprint density at radius 3 is 2.16 bits per heavy atom. The van der Waals surface area contributed by atoms with Gasteiger partial charge in [0.05, 0.1) is 6.42 Å². The Morgan fingerprint density at radius 2 is 1.50 bits per heavy atom. The summed E-state index contributed by atoms with van der Waals surface area (Å²) in [6, 6.07) is 24.3. The molecule has 1 aromatic heterocycles. The number of hydrogen-bond acceptors (Lipinski definition) is 5. The van der Waals surface area contributed by atoms with E-state index >= 15 is 0 Å². The second kappa shape index (κ2) is 7.66. The normalized spacial score (nSPS) is 15.1. The predicted octanol–water partition coefficient (Wildman–Crippen LogP) is 2.90. The SMILES string of the molecule is O=C(Cc1noc2ccccc12)NN1C(=O)NC(c2ccccc2)(c2ccccc2)C1=O. The zero-order valence-electron chi connectivity index (χ0n) is 16.8. The van der Waals surface area contributed by atoms with Crippen molar-refractivity contribution in [3.8, 4) is 0 Å². The summed E-state index contributed by atoms with van der Waals surface area (Å²) in [6.45, 7) is 0. The third-order valence-corrected chi connectivity index (χ3v) is 5.45. The van der Waals surface area contributed by atoms with E-state index in [1.54, 1.807) is 66.7 Å². The number of hydrazine groups is 1. The Labute approximate surface area is 182 Å². The fourth-order valence-corrected chi connectivity index (χ4v) is 3.95. The average Bonchev–Trinajstić information content (AvgIpc) is 3.35. The van der Waals surface area contributed by atoms with Gasteiger partial charge in [0.1, 0.15) is 5.69 Å². The van der Waals surface area contributed by atoms with Crippen molar-refractivity contribution < 1.29 is 18.9 Å². The number of urea groups is 1. The lowest BCUT2D eigenvalue weighted by Gasteiger charge is -2.27. The van der Waals surface area contributed by atoms with Gasteiger partial charge in [-0.2, -0.15) is 5.01 Å². The standard InChI is InChI=1S/C24H18N4O4/c29-21(15-19-18-13-7-8-14-20(18)32-27-19)26-28-22(30)24(25-23(28)31,16-9-3-1-4-10-16)17-11-5-2-6-12-17/h1-14H,15H2,(H,25,31)(H,26,29). The molecule has 0 aliphatic carbocycles. The van der Waals surface area contributed by atoms with Crippen LogP contribution in [0.25, 0.3) is 11.0 Å². The van der Waals surface area contributed by atoms with Crippen LogP contribution >= 0.6 is 0 Å². The minimum atomic E-state index is -1.45. The maximum atomic E-state index is 13.6. The molecule has 2 heterocycles. The van der Waals surface area contributed by atoms with E-state index in [4.69, 9.17) is 4.52 Å². The summed E-state index contributed by atoms with van der Waals surface area (Å²) < 4.78 is 5.22. The summed E-state index contributed by atoms with van der Waals surface area (Å²) in [6.07, 6.45) is -0.155. The lowest BCUT2D eigenvalue weighted by atomic mass is 9.83. The maximum absolute atomic E-state index is 13.6. The molecule has 0 radical (unpaired) electrons. The molecule has 0 saturated carbocycles. The van der Waals surface area contributed by atoms with Gasteiger partial charge in [0.25, 0.3) is 5.91 Å². The molecule has 4 amide bonds. The van der Waals surface area contributed by atoms with Crippen LogP contribution in [0.4, 0.5) is 4.79 Å². The zero-order chi connectivity index (χ0) is 22.1. The predicted molar refractivity (Wildman–Crippen MR) is 115 cm³/mol. The number of fused-ring (bicyclic) bond motifs is 1. The molecule has 0 spiro atoms. The van der Waals surface area contributed by atoms with E-state index in [1.165, 1.54) is 0 Å². The van der Waals surface area contributed by atoms with Crippen LogP contribution in [0.5, 0.6) is 0 Å². The Bertz CT molecular complexity index is 1280. The third-order valence-electron chi connectivity index (χ3n) is 5.45. The van der Waals surface area contributed by atoms with E-state index in [9.17, 15) is 14.4 Å². The van der Waals surface area contributed by atoms with E-state index in [-0.39, 0.29) is 6.42 Å². The first-order valence-electron chi connectivity index (χ1n) is 10.00. The van der Waals surface area contributed by atoms with E-state index < -0.39 is 23.4 Å². The highest BCUT2D eigenvalue weighted by atomic mass is 16.5. The molecular weight excluding hydrogens is 408 g/mol. The first-order chi connectivity index (χ1) is 15.6. The number of amides is 4. The monoisotopic (exact) mass is 426 g/mol. The number of aromatic nitrogens is 1. The molecule has 1 fully saturated rings. The number of carbonyl (C=O) groups is 3. The number of benzene rings is 3. The largest absolute Gasteiger partial charge is 0.356 e. The van der Waals surface area contributed by atoms with Crippen molar-refractivity contribution in [3.63, 3.8) is 0 Å². The topological polar surface area (TPSA) is 105 Å². The van der Waals surface area contributed by atoms with Crippen molar-refractivity contribution in [2.45, 2.75) is 12.0 Å². The van der Waals surface area contributed by atoms with Gasteiger partial charge in [-0.3, -0.25) is 15.0 Å². The minimum Gasteiger partial charge on any atom is -0.356 e. The summed E-state index contributed by atoms with van der Waals surface area (Å²) in [5.74, 6) is -1.16. The first-order valence-corrected chi connectivity index (χ1v) is 10.00. The van der Waals surface area contributed by atoms with Crippen LogP contribution in [-0.2, 0) is 21.5 Å². The molecule has 1 saturated heterocycles. The van der Waals surface area contributed by atoms with Crippen molar-refractivity contribution in [2.24, 2.45) is 0 Å². The average molecular weight is 426 g/mol. The van der Waals surface area contributed by atoms with Crippen LogP contribution in [-0.4, -0.2) is 28.0 Å². The number of nitrogens with zero attached hydrogens (tertiary/aromatic N) is 2. The number of imide groups is 1. The van der Waals surface area contributed by atoms with Gasteiger partial charge in [-0.15, -0.1) is 0 Å². The van der Waals surface area contributed by atoms with Crippen LogP contribution in [0, 0.1) is 0 Å². The van der Waals surface area contributed by atoms with Gasteiger partial charge < -0.3 is 9.84 Å². The second-order valence-corrected chi connectivity index (χ2v) is 7.39. The van der Waals surface area contributed by atoms with Gasteiger partial charge in [-0.05, 0) is 23.3 Å². The number of hydrogen-bond donors (Lipinski definition) is 2. The molecule has 1 aliphatic heterocycles. The molecule has 2 N–H and O–H groups in total. The Balaban J connectivity index is 1.45. The molecule has 3 aromatic carbocycles. The van der Waals surface area contributed by atoms with Crippen molar-refractivity contribution >= 4 is 28.8 Å². The van der Waals surface area contributed by atoms with Crippen molar-refractivity contribution in [3.05, 3.63) is 102 Å². The highest BCUT2D eigenvalue weighted by Crippen LogP contribution is 2.35. The quantitative estimate of drug-likeness (QED) is 0.478.